The minimum atomic E-state index is -0.312. The molecule has 0 bridgehead atoms. The van der Waals surface area contributed by atoms with Gasteiger partial charge in [-0.15, -0.1) is 0 Å². The highest BCUT2D eigenvalue weighted by molar-refractivity contribution is 6.30. The van der Waals surface area contributed by atoms with Crippen molar-refractivity contribution >= 4 is 17.5 Å². The molecule has 3 N–H and O–H groups in total. The minimum Gasteiger partial charge on any atom is -0.309 e. The van der Waals surface area contributed by atoms with Crippen LogP contribution in [0.25, 0.3) is 0 Å². The van der Waals surface area contributed by atoms with Crippen LogP contribution in [0.2, 0.25) is 5.02 Å². The second-order valence-electron chi connectivity index (χ2n) is 7.80. The first-order valence-electron chi connectivity index (χ1n) is 10.2. The lowest BCUT2D eigenvalue weighted by atomic mass is 9.90. The Bertz CT molecular complexity index is 785. The number of benzene rings is 1. The lowest BCUT2D eigenvalue weighted by Gasteiger charge is -2.17. The summed E-state index contributed by atoms with van der Waals surface area (Å²) in [5.41, 5.74) is 7.68. The van der Waals surface area contributed by atoms with Gasteiger partial charge in [0.2, 0.25) is 5.91 Å². The number of carbonyl (C=O) groups is 1. The molecule has 1 aromatic carbocycles. The number of hydrogen-bond donors (Lipinski definition) is 3. The molecule has 0 fully saturated rings. The number of aryl methyl sites for hydroxylation is 2. The molecule has 2 aromatic rings. The summed E-state index contributed by atoms with van der Waals surface area (Å²) in [6.45, 7) is 9.20. The standard InChI is InChI=1S/C23H32ClN3O2/c1-15-11-19(12-16(2)17(15)3)13-20(23(28)27-29)7-5-6-10-25-18(4)22-9-8-21(24)14-26-22/h8-9,11-12,14,18,20,25,29H,5-7,10,13H2,1-4H3,(H,27,28)/t18-,20+/m1/s1. The summed E-state index contributed by atoms with van der Waals surface area (Å²) in [6.07, 6.45) is 4.86. The molecule has 0 saturated heterocycles. The predicted octanol–water partition coefficient (Wildman–Crippen LogP) is 4.85. The van der Waals surface area contributed by atoms with Crippen LogP contribution in [0.1, 0.15) is 60.2 Å². The fraction of sp³-hybridized carbons (Fsp3) is 0.478. The summed E-state index contributed by atoms with van der Waals surface area (Å²) < 4.78 is 0. The van der Waals surface area contributed by atoms with Crippen LogP contribution < -0.4 is 10.8 Å². The first kappa shape index (κ1) is 23.3. The molecule has 0 radical (unpaired) electrons. The molecule has 5 nitrogen and oxygen atoms in total. The number of hydrogen-bond acceptors (Lipinski definition) is 4. The van der Waals surface area contributed by atoms with Crippen LogP contribution in [0.15, 0.2) is 30.5 Å². The number of hydroxylamine groups is 1. The van der Waals surface area contributed by atoms with Crippen LogP contribution in [0.4, 0.5) is 0 Å². The average Bonchev–Trinajstić information content (AvgIpc) is 2.70. The van der Waals surface area contributed by atoms with E-state index < -0.39 is 0 Å². The third kappa shape index (κ3) is 7.11. The maximum atomic E-state index is 12.1. The van der Waals surface area contributed by atoms with Crippen molar-refractivity contribution in [3.05, 3.63) is 63.4 Å². The molecule has 0 spiro atoms. The topological polar surface area (TPSA) is 74.2 Å². The zero-order chi connectivity index (χ0) is 21.4. The van der Waals surface area contributed by atoms with Gasteiger partial charge >= 0.3 is 0 Å². The third-order valence-electron chi connectivity index (χ3n) is 5.57. The number of rotatable bonds is 10. The summed E-state index contributed by atoms with van der Waals surface area (Å²) in [5, 5.41) is 13.2. The van der Waals surface area contributed by atoms with Crippen LogP contribution >= 0.6 is 11.6 Å². The van der Waals surface area contributed by atoms with Gasteiger partial charge in [-0.25, -0.2) is 5.48 Å². The zero-order valence-corrected chi connectivity index (χ0v) is 18.5. The SMILES string of the molecule is Cc1cc(C[C@H](CCCCN[C@H](C)c2ccc(Cl)cn2)C(=O)NO)cc(C)c1C. The molecule has 2 rings (SSSR count). The number of aromatic nitrogens is 1. The van der Waals surface area contributed by atoms with E-state index in [0.29, 0.717) is 11.4 Å². The van der Waals surface area contributed by atoms with Gasteiger partial charge in [-0.2, -0.15) is 0 Å². The lowest BCUT2D eigenvalue weighted by molar-refractivity contribution is -0.133. The molecule has 6 heteroatoms. The van der Waals surface area contributed by atoms with E-state index in [0.717, 1.165) is 37.1 Å². The quantitative estimate of drug-likeness (QED) is 0.293. The molecule has 29 heavy (non-hydrogen) atoms. The maximum Gasteiger partial charge on any atom is 0.246 e. The van der Waals surface area contributed by atoms with Gasteiger partial charge < -0.3 is 5.32 Å². The fourth-order valence-electron chi connectivity index (χ4n) is 3.53. The van der Waals surface area contributed by atoms with Gasteiger partial charge in [0, 0.05) is 18.2 Å². The molecule has 0 aliphatic rings. The Balaban J connectivity index is 1.83. The second kappa shape index (κ2) is 11.3. The van der Waals surface area contributed by atoms with Gasteiger partial charge in [0.25, 0.3) is 0 Å². The van der Waals surface area contributed by atoms with E-state index >= 15 is 0 Å². The highest BCUT2D eigenvalue weighted by Crippen LogP contribution is 2.21. The Morgan fingerprint density at radius 1 is 1.17 bits per heavy atom. The molecule has 158 valence electrons. The van der Waals surface area contributed by atoms with Crippen LogP contribution in [0, 0.1) is 26.7 Å². The number of halogens is 1. The van der Waals surface area contributed by atoms with Crippen molar-refractivity contribution < 1.29 is 10.0 Å². The zero-order valence-electron chi connectivity index (χ0n) is 17.8. The van der Waals surface area contributed by atoms with E-state index in [9.17, 15) is 4.79 Å². The Hall–Kier alpha value is -1.95. The first-order chi connectivity index (χ1) is 13.8. The highest BCUT2D eigenvalue weighted by Gasteiger charge is 2.19. The number of unbranched alkanes of at least 4 members (excludes halogenated alkanes) is 1. The van der Waals surface area contributed by atoms with Crippen LogP contribution in [-0.4, -0.2) is 22.6 Å². The molecule has 2 atom stereocenters. The molecule has 0 saturated carbocycles. The number of nitrogens with zero attached hydrogens (tertiary/aromatic N) is 1. The molecular formula is C23H32ClN3O2. The van der Waals surface area contributed by atoms with Crippen molar-refractivity contribution in [2.45, 2.75) is 59.4 Å². The van der Waals surface area contributed by atoms with Crippen LogP contribution in [0.5, 0.6) is 0 Å². The number of amides is 1. The molecule has 0 unspecified atom stereocenters. The predicted molar refractivity (Wildman–Crippen MR) is 117 cm³/mol. The molecule has 1 amide bonds. The van der Waals surface area contributed by atoms with Crippen molar-refractivity contribution in [2.24, 2.45) is 5.92 Å². The Kier molecular flexibility index (Phi) is 9.08. The van der Waals surface area contributed by atoms with Gasteiger partial charge in [-0.05, 0) is 87.9 Å². The second-order valence-corrected chi connectivity index (χ2v) is 8.24. The maximum absolute atomic E-state index is 12.1. The summed E-state index contributed by atoms with van der Waals surface area (Å²) in [5.74, 6) is -0.551. The molecule has 1 heterocycles. The van der Waals surface area contributed by atoms with E-state index in [1.807, 2.05) is 17.6 Å². The Morgan fingerprint density at radius 3 is 2.45 bits per heavy atom. The number of nitrogens with one attached hydrogen (secondary N) is 2. The minimum absolute atomic E-state index is 0.141. The molecular weight excluding hydrogens is 386 g/mol. The smallest absolute Gasteiger partial charge is 0.246 e. The average molecular weight is 418 g/mol. The van der Waals surface area contributed by atoms with E-state index in [4.69, 9.17) is 16.8 Å². The molecule has 1 aromatic heterocycles. The Labute approximate surface area is 178 Å². The molecule has 0 aliphatic carbocycles. The summed E-state index contributed by atoms with van der Waals surface area (Å²) >= 11 is 5.88. The summed E-state index contributed by atoms with van der Waals surface area (Å²) in [6, 6.07) is 8.19. The van der Waals surface area contributed by atoms with E-state index in [2.05, 4.69) is 50.1 Å². The van der Waals surface area contributed by atoms with Gasteiger partial charge in [0.1, 0.15) is 0 Å². The monoisotopic (exact) mass is 417 g/mol. The lowest BCUT2D eigenvalue weighted by Crippen LogP contribution is -2.29. The first-order valence-corrected chi connectivity index (χ1v) is 10.5. The van der Waals surface area contributed by atoms with E-state index in [1.165, 1.54) is 16.7 Å². The molecule has 0 aliphatic heterocycles. The van der Waals surface area contributed by atoms with E-state index in [1.54, 1.807) is 6.20 Å². The van der Waals surface area contributed by atoms with E-state index in [-0.39, 0.29) is 17.9 Å². The van der Waals surface area contributed by atoms with Crippen molar-refractivity contribution in [1.29, 1.82) is 0 Å². The van der Waals surface area contributed by atoms with Crippen molar-refractivity contribution in [3.8, 4) is 0 Å². The number of pyridine rings is 1. The highest BCUT2D eigenvalue weighted by atomic mass is 35.5. The largest absolute Gasteiger partial charge is 0.309 e. The van der Waals surface area contributed by atoms with Gasteiger partial charge in [0.15, 0.2) is 0 Å². The van der Waals surface area contributed by atoms with Crippen molar-refractivity contribution in [2.75, 3.05) is 6.54 Å². The summed E-state index contributed by atoms with van der Waals surface area (Å²) in [7, 11) is 0. The van der Waals surface area contributed by atoms with Gasteiger partial charge in [-0.3, -0.25) is 15.0 Å². The third-order valence-corrected chi connectivity index (χ3v) is 5.80. The van der Waals surface area contributed by atoms with Crippen LogP contribution in [-0.2, 0) is 11.2 Å². The fourth-order valence-corrected chi connectivity index (χ4v) is 3.64. The normalized spacial score (nSPS) is 13.2. The van der Waals surface area contributed by atoms with Crippen molar-refractivity contribution in [3.63, 3.8) is 0 Å². The van der Waals surface area contributed by atoms with Gasteiger partial charge in [0.05, 0.1) is 10.7 Å². The van der Waals surface area contributed by atoms with Gasteiger partial charge in [-0.1, -0.05) is 30.2 Å². The van der Waals surface area contributed by atoms with Crippen LogP contribution in [0.3, 0.4) is 0 Å². The summed E-state index contributed by atoms with van der Waals surface area (Å²) in [4.78, 5) is 16.5. The Morgan fingerprint density at radius 2 is 1.86 bits per heavy atom. The van der Waals surface area contributed by atoms with Crippen molar-refractivity contribution in [1.82, 2.24) is 15.8 Å². The number of carbonyl (C=O) groups excluding carboxylic acids is 1.